The Kier molecular flexibility index (Phi) is 5.10. The minimum Gasteiger partial charge on any atom is -0.287 e. The average molecular weight is 410 g/mol. The van der Waals surface area contributed by atoms with Crippen LogP contribution in [-0.4, -0.2) is 35.4 Å². The van der Waals surface area contributed by atoms with Crippen molar-refractivity contribution in [3.8, 4) is 0 Å². The Hall–Kier alpha value is -2.98. The van der Waals surface area contributed by atoms with Gasteiger partial charge in [0.05, 0.1) is 11.5 Å². The van der Waals surface area contributed by atoms with Crippen molar-refractivity contribution in [1.29, 1.82) is 0 Å². The molecule has 10 nitrogen and oxygen atoms in total. The second-order valence-corrected chi connectivity index (χ2v) is 6.40. The van der Waals surface area contributed by atoms with Gasteiger partial charge in [-0.3, -0.25) is 24.9 Å². The van der Waals surface area contributed by atoms with Gasteiger partial charge in [0, 0.05) is 22.7 Å². The molecule has 27 heavy (non-hydrogen) atoms. The molecule has 0 aliphatic rings. The molecule has 0 aliphatic carbocycles. The lowest BCUT2D eigenvalue weighted by molar-refractivity contribution is -0.385. The topological polar surface area (TPSA) is 121 Å². The zero-order valence-corrected chi connectivity index (χ0v) is 15.7. The first-order valence-corrected chi connectivity index (χ1v) is 8.35. The molecular weight excluding hydrogens is 397 g/mol. The highest BCUT2D eigenvalue weighted by Gasteiger charge is 2.29. The molecule has 0 atom stereocenters. The van der Waals surface area contributed by atoms with Gasteiger partial charge in [-0.15, -0.1) is 5.10 Å². The van der Waals surface area contributed by atoms with Crippen molar-refractivity contribution in [2.24, 2.45) is 7.05 Å². The lowest BCUT2D eigenvalue weighted by atomic mass is 10.2. The second-order valence-electron chi connectivity index (χ2n) is 5.58. The molecule has 0 unspecified atom stereocenters. The van der Waals surface area contributed by atoms with Gasteiger partial charge in [-0.1, -0.05) is 29.3 Å². The fourth-order valence-corrected chi connectivity index (χ4v) is 2.92. The summed E-state index contributed by atoms with van der Waals surface area (Å²) in [7, 11) is 1.51. The zero-order chi connectivity index (χ0) is 19.7. The number of nitro groups is 1. The van der Waals surface area contributed by atoms with Crippen LogP contribution >= 0.6 is 23.2 Å². The molecule has 0 radical (unpaired) electrons. The first-order chi connectivity index (χ1) is 12.8. The predicted octanol–water partition coefficient (Wildman–Crippen LogP) is 2.84. The third-order valence-corrected chi connectivity index (χ3v) is 4.55. The standard InChI is InChI=1S/C15H13Cl2N7O3/c1-8-13(24(26)27)12(20-22(8)2)14(25)19-15-18-7-23(21-15)6-9-10(16)4-3-5-11(9)17/h3-5,7H,6H2,1-2H3,(H,19,21,25). The molecule has 140 valence electrons. The molecule has 0 bridgehead atoms. The molecule has 0 saturated heterocycles. The van der Waals surface area contributed by atoms with Gasteiger partial charge in [0.1, 0.15) is 12.0 Å². The van der Waals surface area contributed by atoms with Gasteiger partial charge in [0.2, 0.25) is 11.6 Å². The SMILES string of the molecule is Cc1c([N+](=O)[O-])c(C(=O)Nc2ncn(Cc3c(Cl)cccc3Cl)n2)nn1C. The van der Waals surface area contributed by atoms with E-state index in [1.165, 1.54) is 29.7 Å². The van der Waals surface area contributed by atoms with Crippen molar-refractivity contribution >= 4 is 40.7 Å². The van der Waals surface area contributed by atoms with E-state index >= 15 is 0 Å². The molecule has 3 rings (SSSR count). The van der Waals surface area contributed by atoms with Crippen LogP contribution in [0.3, 0.4) is 0 Å². The largest absolute Gasteiger partial charge is 0.322 e. The van der Waals surface area contributed by atoms with Crippen molar-refractivity contribution in [3.63, 3.8) is 0 Å². The maximum Gasteiger partial charge on any atom is 0.322 e. The molecule has 1 amide bonds. The van der Waals surface area contributed by atoms with Gasteiger partial charge in [0.15, 0.2) is 0 Å². The lowest BCUT2D eigenvalue weighted by Gasteiger charge is -2.06. The highest BCUT2D eigenvalue weighted by atomic mass is 35.5. The number of hydrogen-bond donors (Lipinski definition) is 1. The summed E-state index contributed by atoms with van der Waals surface area (Å²) >= 11 is 12.2. The number of halogens is 2. The smallest absolute Gasteiger partial charge is 0.287 e. The van der Waals surface area contributed by atoms with Crippen LogP contribution in [0.1, 0.15) is 21.7 Å². The number of aromatic nitrogens is 5. The number of benzene rings is 1. The summed E-state index contributed by atoms with van der Waals surface area (Å²) in [6.07, 6.45) is 1.38. The second kappa shape index (κ2) is 7.33. The van der Waals surface area contributed by atoms with Crippen LogP contribution in [0, 0.1) is 17.0 Å². The van der Waals surface area contributed by atoms with Gasteiger partial charge < -0.3 is 0 Å². The van der Waals surface area contributed by atoms with Gasteiger partial charge >= 0.3 is 5.69 Å². The van der Waals surface area contributed by atoms with E-state index in [0.29, 0.717) is 15.6 Å². The van der Waals surface area contributed by atoms with E-state index in [-0.39, 0.29) is 29.6 Å². The number of amides is 1. The highest BCUT2D eigenvalue weighted by molar-refractivity contribution is 6.35. The van der Waals surface area contributed by atoms with Crippen molar-refractivity contribution in [1.82, 2.24) is 24.5 Å². The Labute approximate surface area is 162 Å². The van der Waals surface area contributed by atoms with Crippen LogP contribution in [-0.2, 0) is 13.6 Å². The van der Waals surface area contributed by atoms with Crippen molar-refractivity contribution in [2.75, 3.05) is 5.32 Å². The Morgan fingerprint density at radius 2 is 1.96 bits per heavy atom. The van der Waals surface area contributed by atoms with E-state index in [2.05, 4.69) is 20.5 Å². The van der Waals surface area contributed by atoms with Crippen LogP contribution in [0.4, 0.5) is 11.6 Å². The summed E-state index contributed by atoms with van der Waals surface area (Å²) in [5.41, 5.74) is 0.236. The van der Waals surface area contributed by atoms with Crippen molar-refractivity contribution in [2.45, 2.75) is 13.5 Å². The quantitative estimate of drug-likeness (QED) is 0.510. The fraction of sp³-hybridized carbons (Fsp3) is 0.200. The maximum absolute atomic E-state index is 12.4. The van der Waals surface area contributed by atoms with E-state index in [0.717, 1.165) is 0 Å². The Balaban J connectivity index is 1.80. The van der Waals surface area contributed by atoms with Crippen molar-refractivity contribution < 1.29 is 9.72 Å². The van der Waals surface area contributed by atoms with Crippen LogP contribution < -0.4 is 5.32 Å². The monoisotopic (exact) mass is 409 g/mol. The van der Waals surface area contributed by atoms with Gasteiger partial charge in [-0.05, 0) is 19.1 Å². The lowest BCUT2D eigenvalue weighted by Crippen LogP contribution is -2.16. The summed E-state index contributed by atoms with van der Waals surface area (Å²) < 4.78 is 2.69. The van der Waals surface area contributed by atoms with Crippen LogP contribution in [0.5, 0.6) is 0 Å². The number of carbonyl (C=O) groups is 1. The van der Waals surface area contributed by atoms with Gasteiger partial charge in [-0.2, -0.15) is 5.10 Å². The summed E-state index contributed by atoms with van der Waals surface area (Å²) in [4.78, 5) is 26.9. The Bertz CT molecular complexity index is 1020. The molecule has 0 saturated carbocycles. The minimum atomic E-state index is -0.779. The summed E-state index contributed by atoms with van der Waals surface area (Å²) in [5, 5.41) is 22.5. The summed E-state index contributed by atoms with van der Waals surface area (Å²) in [6.45, 7) is 1.74. The van der Waals surface area contributed by atoms with E-state index in [4.69, 9.17) is 23.2 Å². The molecule has 2 aromatic heterocycles. The van der Waals surface area contributed by atoms with E-state index in [1.807, 2.05) is 0 Å². The zero-order valence-electron chi connectivity index (χ0n) is 14.2. The maximum atomic E-state index is 12.4. The number of rotatable bonds is 5. The molecule has 0 spiro atoms. The number of carbonyl (C=O) groups excluding carboxylic acids is 1. The molecule has 0 aliphatic heterocycles. The minimum absolute atomic E-state index is 0.0271. The number of hydrogen-bond acceptors (Lipinski definition) is 6. The van der Waals surface area contributed by atoms with E-state index < -0.39 is 10.8 Å². The number of nitrogens with zero attached hydrogens (tertiary/aromatic N) is 6. The highest BCUT2D eigenvalue weighted by Crippen LogP contribution is 2.25. The van der Waals surface area contributed by atoms with Crippen LogP contribution in [0.2, 0.25) is 10.0 Å². The Morgan fingerprint density at radius 3 is 2.59 bits per heavy atom. The molecular formula is C15H13Cl2N7O3. The summed E-state index contributed by atoms with van der Waals surface area (Å²) in [5.74, 6) is -0.806. The molecule has 3 aromatic rings. The number of anilines is 1. The van der Waals surface area contributed by atoms with Gasteiger partial charge in [0.25, 0.3) is 5.91 Å². The van der Waals surface area contributed by atoms with Crippen molar-refractivity contribution in [3.05, 3.63) is 61.6 Å². The van der Waals surface area contributed by atoms with Gasteiger partial charge in [-0.25, -0.2) is 9.67 Å². The number of aryl methyl sites for hydroxylation is 1. The van der Waals surface area contributed by atoms with Crippen LogP contribution in [0.25, 0.3) is 0 Å². The predicted molar refractivity (Wildman–Crippen MR) is 98.1 cm³/mol. The van der Waals surface area contributed by atoms with Crippen LogP contribution in [0.15, 0.2) is 24.5 Å². The number of nitrogens with one attached hydrogen (secondary N) is 1. The molecule has 2 heterocycles. The molecule has 0 fully saturated rings. The fourth-order valence-electron chi connectivity index (χ4n) is 2.40. The van der Waals surface area contributed by atoms with E-state index in [1.54, 1.807) is 18.2 Å². The third kappa shape index (κ3) is 3.76. The molecule has 12 heteroatoms. The average Bonchev–Trinajstić information content (AvgIpc) is 3.16. The first-order valence-electron chi connectivity index (χ1n) is 7.59. The third-order valence-electron chi connectivity index (χ3n) is 3.84. The normalized spacial score (nSPS) is 10.8. The molecule has 1 aromatic carbocycles. The summed E-state index contributed by atoms with van der Waals surface area (Å²) in [6, 6.07) is 5.12. The molecule has 1 N–H and O–H groups in total. The van der Waals surface area contributed by atoms with E-state index in [9.17, 15) is 14.9 Å². The Morgan fingerprint density at radius 1 is 1.30 bits per heavy atom. The first kappa shape index (κ1) is 18.8.